The number of carboxylic acids is 1. The number of urea groups is 1. The Morgan fingerprint density at radius 3 is 2.33 bits per heavy atom. The largest absolute Gasteiger partial charge is 0.478 e. The lowest BCUT2D eigenvalue weighted by Crippen LogP contribution is -2.20. The number of benzene rings is 2. The monoisotopic (exact) mass is 352 g/mol. The van der Waals surface area contributed by atoms with Crippen molar-refractivity contribution in [1.29, 1.82) is 0 Å². The number of rotatable bonds is 3. The molecule has 0 saturated carbocycles. The zero-order valence-corrected chi connectivity index (χ0v) is 12.1. The molecule has 0 aliphatic rings. The molecule has 2 amide bonds. The highest BCUT2D eigenvalue weighted by Gasteiger charge is 2.11. The lowest BCUT2D eigenvalue weighted by molar-refractivity contribution is 0.0696. The Balaban J connectivity index is 2.10. The van der Waals surface area contributed by atoms with Crippen molar-refractivity contribution in [1.82, 2.24) is 0 Å². The molecule has 2 aromatic carbocycles. The van der Waals surface area contributed by atoms with Crippen LogP contribution in [-0.4, -0.2) is 17.1 Å². The molecule has 3 N–H and O–H groups in total. The maximum Gasteiger partial charge on any atom is 0.335 e. The molecule has 0 aliphatic carbocycles. The second-order valence-corrected chi connectivity index (χ2v) is 4.91. The summed E-state index contributed by atoms with van der Waals surface area (Å²) in [5, 5.41) is 13.6. The molecule has 5 nitrogen and oxygen atoms in total. The summed E-state index contributed by atoms with van der Waals surface area (Å²) in [7, 11) is 0. The number of hydrogen-bond acceptors (Lipinski definition) is 2. The van der Waals surface area contributed by atoms with Crippen LogP contribution in [0.3, 0.4) is 0 Å². The fraction of sp³-hybridized carbons (Fsp3) is 0. The first kappa shape index (κ1) is 15.0. The van der Waals surface area contributed by atoms with Crippen molar-refractivity contribution in [3.8, 4) is 0 Å². The van der Waals surface area contributed by atoms with Crippen LogP contribution in [0.25, 0.3) is 0 Å². The maximum atomic E-state index is 13.7. The summed E-state index contributed by atoms with van der Waals surface area (Å²) in [5.74, 6) is -2.06. The number of halogens is 2. The Labute approximate surface area is 127 Å². The van der Waals surface area contributed by atoms with Gasteiger partial charge in [0.2, 0.25) is 0 Å². The highest BCUT2D eigenvalue weighted by atomic mass is 79.9. The van der Waals surface area contributed by atoms with Crippen molar-refractivity contribution in [3.63, 3.8) is 0 Å². The number of carboxylic acid groups (broad SMARTS) is 1. The summed E-state index contributed by atoms with van der Waals surface area (Å²) >= 11 is 3.27. The minimum Gasteiger partial charge on any atom is -0.478 e. The Kier molecular flexibility index (Phi) is 4.54. The van der Waals surface area contributed by atoms with E-state index in [1.807, 2.05) is 0 Å². The second kappa shape index (κ2) is 6.36. The molecule has 21 heavy (non-hydrogen) atoms. The Morgan fingerprint density at radius 1 is 1.05 bits per heavy atom. The molecule has 0 unspecified atom stereocenters. The van der Waals surface area contributed by atoms with E-state index in [1.165, 1.54) is 12.1 Å². The molecule has 7 heteroatoms. The first-order chi connectivity index (χ1) is 9.97. The normalized spacial score (nSPS) is 10.0. The topological polar surface area (TPSA) is 78.4 Å². The third-order valence-electron chi connectivity index (χ3n) is 2.59. The van der Waals surface area contributed by atoms with Gasteiger partial charge in [-0.15, -0.1) is 0 Å². The van der Waals surface area contributed by atoms with Crippen LogP contribution in [0, 0.1) is 5.82 Å². The number of carbonyl (C=O) groups is 2. The molecule has 0 radical (unpaired) electrons. The molecule has 0 aromatic heterocycles. The molecule has 0 atom stereocenters. The van der Waals surface area contributed by atoms with E-state index < -0.39 is 17.8 Å². The Hall–Kier alpha value is -2.41. The lowest BCUT2D eigenvalue weighted by atomic mass is 10.2. The lowest BCUT2D eigenvalue weighted by Gasteiger charge is -2.10. The van der Waals surface area contributed by atoms with Gasteiger partial charge in [0.25, 0.3) is 0 Å². The smallest absolute Gasteiger partial charge is 0.335 e. The van der Waals surface area contributed by atoms with Crippen molar-refractivity contribution in [2.45, 2.75) is 0 Å². The quantitative estimate of drug-likeness (QED) is 0.782. The molecule has 2 aromatic rings. The summed E-state index contributed by atoms with van der Waals surface area (Å²) in [6.07, 6.45) is 0. The number of nitrogens with one attached hydrogen (secondary N) is 2. The van der Waals surface area contributed by atoms with Gasteiger partial charge < -0.3 is 15.7 Å². The van der Waals surface area contributed by atoms with Crippen LogP contribution in [-0.2, 0) is 0 Å². The van der Waals surface area contributed by atoms with E-state index in [0.29, 0.717) is 10.2 Å². The number of amides is 2. The van der Waals surface area contributed by atoms with Crippen LogP contribution in [0.4, 0.5) is 20.6 Å². The van der Waals surface area contributed by atoms with Crippen molar-refractivity contribution >= 4 is 39.3 Å². The van der Waals surface area contributed by atoms with Crippen molar-refractivity contribution < 1.29 is 19.1 Å². The summed E-state index contributed by atoms with van der Waals surface area (Å²) in [5.41, 5.74) is 0.228. The minimum atomic E-state index is -1.24. The second-order valence-electron chi connectivity index (χ2n) is 4.06. The van der Waals surface area contributed by atoms with Crippen molar-refractivity contribution in [2.75, 3.05) is 10.6 Å². The van der Waals surface area contributed by atoms with E-state index in [-0.39, 0.29) is 11.3 Å². The minimum absolute atomic E-state index is 0.107. The van der Waals surface area contributed by atoms with Gasteiger partial charge in [-0.2, -0.15) is 0 Å². The van der Waals surface area contributed by atoms with Crippen molar-refractivity contribution in [2.24, 2.45) is 0 Å². The van der Waals surface area contributed by atoms with Crippen LogP contribution in [0.1, 0.15) is 10.4 Å². The SMILES string of the molecule is O=C(Nc1ccc(C(=O)O)cc1F)Nc1ccccc1Br. The van der Waals surface area contributed by atoms with Crippen LogP contribution >= 0.6 is 15.9 Å². The van der Waals surface area contributed by atoms with Gasteiger partial charge in [0, 0.05) is 4.47 Å². The van der Waals surface area contributed by atoms with Crippen LogP contribution in [0.15, 0.2) is 46.9 Å². The molecule has 108 valence electrons. The van der Waals surface area contributed by atoms with Gasteiger partial charge >= 0.3 is 12.0 Å². The summed E-state index contributed by atoms with van der Waals surface area (Å²) in [6, 6.07) is 9.56. The maximum absolute atomic E-state index is 13.7. The van der Waals surface area contributed by atoms with Gasteiger partial charge in [-0.1, -0.05) is 12.1 Å². The zero-order chi connectivity index (χ0) is 15.4. The zero-order valence-electron chi connectivity index (χ0n) is 10.6. The highest BCUT2D eigenvalue weighted by molar-refractivity contribution is 9.10. The van der Waals surface area contributed by atoms with Gasteiger partial charge in [0.15, 0.2) is 0 Å². The van der Waals surface area contributed by atoms with E-state index in [2.05, 4.69) is 26.6 Å². The van der Waals surface area contributed by atoms with Gasteiger partial charge in [0.05, 0.1) is 16.9 Å². The Bertz CT molecular complexity index is 706. The van der Waals surface area contributed by atoms with E-state index >= 15 is 0 Å². The van der Waals surface area contributed by atoms with Gasteiger partial charge in [-0.05, 0) is 46.3 Å². The number of para-hydroxylation sites is 1. The summed E-state index contributed by atoms with van der Waals surface area (Å²) in [4.78, 5) is 22.5. The fourth-order valence-electron chi connectivity index (χ4n) is 1.59. The molecule has 0 heterocycles. The van der Waals surface area contributed by atoms with E-state index in [1.54, 1.807) is 24.3 Å². The molecule has 0 aliphatic heterocycles. The Morgan fingerprint density at radius 2 is 1.71 bits per heavy atom. The van der Waals surface area contributed by atoms with Crippen LogP contribution in [0.2, 0.25) is 0 Å². The predicted octanol–water partition coefficient (Wildman–Crippen LogP) is 3.93. The van der Waals surface area contributed by atoms with E-state index in [4.69, 9.17) is 5.11 Å². The molecule has 0 fully saturated rings. The molecular formula is C14H10BrFN2O3. The molecule has 0 spiro atoms. The predicted molar refractivity (Wildman–Crippen MR) is 80.1 cm³/mol. The number of hydrogen-bond donors (Lipinski definition) is 3. The van der Waals surface area contributed by atoms with E-state index in [0.717, 1.165) is 6.07 Å². The van der Waals surface area contributed by atoms with E-state index in [9.17, 15) is 14.0 Å². The fourth-order valence-corrected chi connectivity index (χ4v) is 1.97. The van der Waals surface area contributed by atoms with Gasteiger partial charge in [0.1, 0.15) is 5.82 Å². The van der Waals surface area contributed by atoms with Crippen LogP contribution in [0.5, 0.6) is 0 Å². The van der Waals surface area contributed by atoms with Gasteiger partial charge in [-0.25, -0.2) is 14.0 Å². The highest BCUT2D eigenvalue weighted by Crippen LogP contribution is 2.22. The first-order valence-corrected chi connectivity index (χ1v) is 6.62. The molecular weight excluding hydrogens is 343 g/mol. The number of aromatic carboxylic acids is 1. The first-order valence-electron chi connectivity index (χ1n) is 5.83. The molecule has 2 rings (SSSR count). The number of carbonyl (C=O) groups excluding carboxylic acids is 1. The number of anilines is 2. The average Bonchev–Trinajstić information content (AvgIpc) is 2.43. The van der Waals surface area contributed by atoms with Gasteiger partial charge in [-0.3, -0.25) is 0 Å². The van der Waals surface area contributed by atoms with Crippen LogP contribution < -0.4 is 10.6 Å². The average molecular weight is 353 g/mol. The summed E-state index contributed by atoms with van der Waals surface area (Å²) < 4.78 is 14.4. The van der Waals surface area contributed by atoms with Crippen molar-refractivity contribution in [3.05, 3.63) is 58.3 Å². The molecule has 0 saturated heterocycles. The standard InChI is InChI=1S/C14H10BrFN2O3/c15-9-3-1-2-4-11(9)17-14(21)18-12-6-5-8(13(19)20)7-10(12)16/h1-7H,(H,19,20)(H2,17,18,21). The third-order valence-corrected chi connectivity index (χ3v) is 3.28. The summed E-state index contributed by atoms with van der Waals surface area (Å²) in [6.45, 7) is 0. The molecule has 0 bridgehead atoms. The third kappa shape index (κ3) is 3.79.